The van der Waals surface area contributed by atoms with Crippen LogP contribution in [0.1, 0.15) is 0 Å². The first-order chi connectivity index (χ1) is 8.65. The van der Waals surface area contributed by atoms with E-state index in [1.165, 1.54) is 0 Å². The maximum Gasteiger partial charge on any atom is 0.222 e. The van der Waals surface area contributed by atoms with Crippen molar-refractivity contribution in [1.82, 2.24) is 19.5 Å². The third kappa shape index (κ3) is 1.83. The second-order valence-electron chi connectivity index (χ2n) is 3.89. The molecular formula is C12H8Cl2N4. The van der Waals surface area contributed by atoms with E-state index in [-0.39, 0.29) is 5.28 Å². The minimum atomic E-state index is 0.215. The normalized spacial score (nSPS) is 11.1. The van der Waals surface area contributed by atoms with Gasteiger partial charge >= 0.3 is 0 Å². The molecule has 3 heterocycles. The molecule has 0 spiro atoms. The van der Waals surface area contributed by atoms with Crippen LogP contribution in [-0.2, 0) is 7.05 Å². The van der Waals surface area contributed by atoms with E-state index in [4.69, 9.17) is 23.2 Å². The molecule has 3 aromatic rings. The Hall–Kier alpha value is -1.65. The number of hydrogen-bond donors (Lipinski definition) is 0. The predicted octanol–water partition coefficient (Wildman–Crippen LogP) is 3.34. The Morgan fingerprint density at radius 1 is 1.22 bits per heavy atom. The quantitative estimate of drug-likeness (QED) is 0.642. The van der Waals surface area contributed by atoms with Gasteiger partial charge in [0.2, 0.25) is 5.28 Å². The molecule has 0 saturated heterocycles. The lowest BCUT2D eigenvalue weighted by atomic mass is 10.2. The zero-order chi connectivity index (χ0) is 12.7. The SMILES string of the molecule is Cn1cc(Cl)c2cc(-c3ccnc(Cl)n3)cnc21. The number of halogens is 2. The van der Waals surface area contributed by atoms with E-state index in [9.17, 15) is 0 Å². The molecule has 4 nitrogen and oxygen atoms in total. The van der Waals surface area contributed by atoms with E-state index >= 15 is 0 Å². The van der Waals surface area contributed by atoms with Gasteiger partial charge in [0, 0.05) is 36.6 Å². The molecule has 18 heavy (non-hydrogen) atoms. The standard InChI is InChI=1S/C12H8Cl2N4/c1-18-6-9(13)8-4-7(5-16-11(8)18)10-2-3-15-12(14)17-10/h2-6H,1H3. The first-order valence-electron chi connectivity index (χ1n) is 5.24. The third-order valence-electron chi connectivity index (χ3n) is 2.69. The minimum Gasteiger partial charge on any atom is -0.334 e. The van der Waals surface area contributed by atoms with Crippen LogP contribution in [0.3, 0.4) is 0 Å². The van der Waals surface area contributed by atoms with Crippen molar-refractivity contribution < 1.29 is 0 Å². The molecule has 0 unspecified atom stereocenters. The molecular weight excluding hydrogens is 271 g/mol. The van der Waals surface area contributed by atoms with Gasteiger partial charge in [-0.05, 0) is 23.7 Å². The summed E-state index contributed by atoms with van der Waals surface area (Å²) in [4.78, 5) is 12.4. The van der Waals surface area contributed by atoms with Gasteiger partial charge in [0.15, 0.2) is 0 Å². The lowest BCUT2D eigenvalue weighted by Crippen LogP contribution is -1.90. The molecule has 0 fully saturated rings. The topological polar surface area (TPSA) is 43.6 Å². The molecule has 0 aliphatic rings. The monoisotopic (exact) mass is 278 g/mol. The number of nitrogens with zero attached hydrogens (tertiary/aromatic N) is 4. The highest BCUT2D eigenvalue weighted by Gasteiger charge is 2.09. The number of rotatable bonds is 1. The second-order valence-corrected chi connectivity index (χ2v) is 4.64. The average molecular weight is 279 g/mol. The summed E-state index contributed by atoms with van der Waals surface area (Å²) in [5, 5.41) is 1.78. The maximum atomic E-state index is 6.15. The number of pyridine rings is 1. The van der Waals surface area contributed by atoms with Crippen molar-refractivity contribution in [3.63, 3.8) is 0 Å². The van der Waals surface area contributed by atoms with Gasteiger partial charge in [-0.2, -0.15) is 0 Å². The van der Waals surface area contributed by atoms with E-state index in [0.29, 0.717) is 5.02 Å². The number of fused-ring (bicyclic) bond motifs is 1. The Labute approximate surface area is 113 Å². The molecule has 0 aromatic carbocycles. The van der Waals surface area contributed by atoms with Crippen molar-refractivity contribution in [2.75, 3.05) is 0 Å². The molecule has 0 N–H and O–H groups in total. The summed E-state index contributed by atoms with van der Waals surface area (Å²) in [7, 11) is 1.91. The molecule has 3 rings (SSSR count). The zero-order valence-electron chi connectivity index (χ0n) is 9.43. The van der Waals surface area contributed by atoms with Gasteiger partial charge in [0.05, 0.1) is 10.7 Å². The van der Waals surface area contributed by atoms with Crippen LogP contribution in [0.4, 0.5) is 0 Å². The van der Waals surface area contributed by atoms with Crippen LogP contribution in [0.5, 0.6) is 0 Å². The highest BCUT2D eigenvalue weighted by Crippen LogP contribution is 2.27. The molecule has 3 aromatic heterocycles. The lowest BCUT2D eigenvalue weighted by molar-refractivity contribution is 0.948. The largest absolute Gasteiger partial charge is 0.334 e. The highest BCUT2D eigenvalue weighted by molar-refractivity contribution is 6.35. The number of hydrogen-bond acceptors (Lipinski definition) is 3. The van der Waals surface area contributed by atoms with Crippen molar-refractivity contribution in [1.29, 1.82) is 0 Å². The van der Waals surface area contributed by atoms with E-state index in [2.05, 4.69) is 15.0 Å². The fraction of sp³-hybridized carbons (Fsp3) is 0.0833. The van der Waals surface area contributed by atoms with Crippen molar-refractivity contribution in [2.45, 2.75) is 0 Å². The van der Waals surface area contributed by atoms with Crippen molar-refractivity contribution >= 4 is 34.2 Å². The average Bonchev–Trinajstić information content (AvgIpc) is 2.65. The van der Waals surface area contributed by atoms with Crippen molar-refractivity contribution in [2.24, 2.45) is 7.05 Å². The Balaban J connectivity index is 2.22. The molecule has 0 amide bonds. The predicted molar refractivity (Wildman–Crippen MR) is 71.8 cm³/mol. The van der Waals surface area contributed by atoms with Crippen LogP contribution in [0, 0.1) is 0 Å². The lowest BCUT2D eigenvalue weighted by Gasteiger charge is -2.01. The molecule has 0 aliphatic carbocycles. The van der Waals surface area contributed by atoms with Crippen LogP contribution < -0.4 is 0 Å². The summed E-state index contributed by atoms with van der Waals surface area (Å²) >= 11 is 11.9. The summed E-state index contributed by atoms with van der Waals surface area (Å²) in [6.45, 7) is 0. The maximum absolute atomic E-state index is 6.15. The Morgan fingerprint density at radius 3 is 2.83 bits per heavy atom. The number of aromatic nitrogens is 4. The van der Waals surface area contributed by atoms with Crippen molar-refractivity contribution in [3.8, 4) is 11.3 Å². The Bertz CT molecular complexity index is 736. The van der Waals surface area contributed by atoms with Gasteiger partial charge in [-0.25, -0.2) is 15.0 Å². The fourth-order valence-electron chi connectivity index (χ4n) is 1.85. The van der Waals surface area contributed by atoms with Crippen molar-refractivity contribution in [3.05, 3.63) is 41.0 Å². The minimum absolute atomic E-state index is 0.215. The third-order valence-corrected chi connectivity index (χ3v) is 3.17. The number of aryl methyl sites for hydroxylation is 1. The molecule has 0 atom stereocenters. The van der Waals surface area contributed by atoms with Crippen LogP contribution in [0.2, 0.25) is 10.3 Å². The summed E-state index contributed by atoms with van der Waals surface area (Å²) in [6.07, 6.45) is 5.19. The van der Waals surface area contributed by atoms with E-state index in [1.807, 2.05) is 23.9 Å². The molecule has 0 bridgehead atoms. The summed E-state index contributed by atoms with van der Waals surface area (Å²) in [5.41, 5.74) is 2.42. The Kier molecular flexibility index (Phi) is 2.69. The summed E-state index contributed by atoms with van der Waals surface area (Å²) < 4.78 is 1.88. The van der Waals surface area contributed by atoms with E-state index in [1.54, 1.807) is 18.5 Å². The highest BCUT2D eigenvalue weighted by atomic mass is 35.5. The van der Waals surface area contributed by atoms with E-state index in [0.717, 1.165) is 22.3 Å². The second kappa shape index (κ2) is 4.23. The first kappa shape index (κ1) is 11.4. The van der Waals surface area contributed by atoms with Gasteiger partial charge in [0.1, 0.15) is 5.65 Å². The van der Waals surface area contributed by atoms with Crippen LogP contribution in [-0.4, -0.2) is 19.5 Å². The van der Waals surface area contributed by atoms with Gasteiger partial charge < -0.3 is 4.57 Å². The summed E-state index contributed by atoms with van der Waals surface area (Å²) in [5.74, 6) is 0. The van der Waals surface area contributed by atoms with E-state index < -0.39 is 0 Å². The molecule has 0 saturated carbocycles. The molecule has 90 valence electrons. The smallest absolute Gasteiger partial charge is 0.222 e. The van der Waals surface area contributed by atoms with Gasteiger partial charge in [-0.1, -0.05) is 11.6 Å². The summed E-state index contributed by atoms with van der Waals surface area (Å²) in [6, 6.07) is 3.73. The fourth-order valence-corrected chi connectivity index (χ4v) is 2.28. The molecule has 0 aliphatic heterocycles. The Morgan fingerprint density at radius 2 is 2.06 bits per heavy atom. The molecule has 0 radical (unpaired) electrons. The first-order valence-corrected chi connectivity index (χ1v) is 6.00. The van der Waals surface area contributed by atoms with Crippen LogP contribution >= 0.6 is 23.2 Å². The molecule has 6 heteroatoms. The zero-order valence-corrected chi connectivity index (χ0v) is 10.9. The van der Waals surface area contributed by atoms with Crippen LogP contribution in [0.15, 0.2) is 30.7 Å². The van der Waals surface area contributed by atoms with Gasteiger partial charge in [-0.3, -0.25) is 0 Å². The van der Waals surface area contributed by atoms with Gasteiger partial charge in [-0.15, -0.1) is 0 Å². The van der Waals surface area contributed by atoms with Crippen LogP contribution in [0.25, 0.3) is 22.3 Å². The van der Waals surface area contributed by atoms with Gasteiger partial charge in [0.25, 0.3) is 0 Å².